The van der Waals surface area contributed by atoms with E-state index in [-0.39, 0.29) is 0 Å². The largest absolute Gasteiger partial charge is 0.124 e. The molecule has 0 amide bonds. The second-order valence-electron chi connectivity index (χ2n) is 2.21. The molecule has 78 valence electrons. The Balaban J connectivity index is -0.000000147. The second-order valence-corrected chi connectivity index (χ2v) is 2.21. The van der Waals surface area contributed by atoms with E-state index in [0.29, 0.717) is 0 Å². The first kappa shape index (κ1) is 18.3. The van der Waals surface area contributed by atoms with Crippen LogP contribution in [-0.2, 0) is 0 Å². The summed E-state index contributed by atoms with van der Waals surface area (Å²) >= 11 is 0. The van der Waals surface area contributed by atoms with Crippen LogP contribution in [0.4, 0.5) is 0 Å². The van der Waals surface area contributed by atoms with Crippen LogP contribution in [0, 0.1) is 12.8 Å². The van der Waals surface area contributed by atoms with Crippen LogP contribution in [0.2, 0.25) is 0 Å². The minimum atomic E-state index is 1.23. The fraction of sp³-hybridized carbons (Fsp3) is 0.286. The zero-order valence-electron chi connectivity index (χ0n) is 9.45. The highest BCUT2D eigenvalue weighted by molar-refractivity contribution is 5.05. The summed E-state index contributed by atoms with van der Waals surface area (Å²) in [6.45, 7) is 11.2. The molecule has 0 rings (SSSR count). The van der Waals surface area contributed by atoms with E-state index in [9.17, 15) is 0 Å². The molecule has 0 atom stereocenters. The molecule has 0 unspecified atom stereocenters. The molecule has 0 spiro atoms. The molecule has 0 aliphatic heterocycles. The van der Waals surface area contributed by atoms with Gasteiger partial charge in [-0.3, -0.25) is 0 Å². The van der Waals surface area contributed by atoms with E-state index in [1.165, 1.54) is 12.8 Å². The minimum absolute atomic E-state index is 1.23. The van der Waals surface area contributed by atoms with Gasteiger partial charge in [-0.15, -0.1) is 12.8 Å². The van der Waals surface area contributed by atoms with Gasteiger partial charge in [-0.05, 0) is 13.3 Å². The molecule has 0 aromatic heterocycles. The van der Waals surface area contributed by atoms with E-state index in [4.69, 9.17) is 0 Å². The van der Waals surface area contributed by atoms with Crippen molar-refractivity contribution in [2.24, 2.45) is 0 Å². The molecule has 0 saturated heterocycles. The molecule has 0 aliphatic carbocycles. The van der Waals surface area contributed by atoms with E-state index in [0.717, 1.165) is 0 Å². The molecule has 0 aliphatic rings. The summed E-state index contributed by atoms with van der Waals surface area (Å²) in [5, 5.41) is 0. The van der Waals surface area contributed by atoms with Crippen molar-refractivity contribution in [3.05, 3.63) is 49.6 Å². The van der Waals surface area contributed by atoms with Crippen molar-refractivity contribution in [3.8, 4) is 12.8 Å². The fourth-order valence-corrected chi connectivity index (χ4v) is 0.490. The van der Waals surface area contributed by atoms with Crippen molar-refractivity contribution in [2.45, 2.75) is 26.7 Å². The molecule has 0 N–H and O–H groups in total. The fourth-order valence-electron chi connectivity index (χ4n) is 0.490. The van der Waals surface area contributed by atoms with Crippen molar-refractivity contribution < 1.29 is 0 Å². The Morgan fingerprint density at radius 2 is 1.50 bits per heavy atom. The van der Waals surface area contributed by atoms with E-state index < -0.39 is 0 Å². The molecule has 0 saturated carbocycles. The zero-order valence-corrected chi connectivity index (χ0v) is 9.45. The van der Waals surface area contributed by atoms with Gasteiger partial charge < -0.3 is 0 Å². The standard InChI is InChI=1S/C6H12.C6H8.C2H2/c2*1-3-5-6-4-2;1-2/h3,5H,4,6H2,1-2H3;3-6H,1-2H2;1-2H/b5-3-;6-5-;. The second kappa shape index (κ2) is 30.0. The number of hydrogen-bond donors (Lipinski definition) is 0. The maximum absolute atomic E-state index is 4.00. The van der Waals surface area contributed by atoms with Crippen molar-refractivity contribution in [2.75, 3.05) is 0 Å². The highest BCUT2D eigenvalue weighted by Crippen LogP contribution is 1.85. The number of hydrogen-bond acceptors (Lipinski definition) is 0. The lowest BCUT2D eigenvalue weighted by molar-refractivity contribution is 0.957. The zero-order chi connectivity index (χ0) is 11.7. The molecule has 0 fully saturated rings. The van der Waals surface area contributed by atoms with Gasteiger partial charge in [0.15, 0.2) is 0 Å². The van der Waals surface area contributed by atoms with Crippen LogP contribution in [0.5, 0.6) is 0 Å². The molecular weight excluding hydrogens is 168 g/mol. The highest BCUT2D eigenvalue weighted by Gasteiger charge is 1.64. The monoisotopic (exact) mass is 190 g/mol. The normalized spacial score (nSPS) is 8.29. The van der Waals surface area contributed by atoms with Gasteiger partial charge in [0.2, 0.25) is 0 Å². The van der Waals surface area contributed by atoms with Gasteiger partial charge in [0.05, 0.1) is 0 Å². The molecule has 0 aromatic rings. The Morgan fingerprint density at radius 3 is 1.64 bits per heavy atom. The van der Waals surface area contributed by atoms with Gasteiger partial charge in [0.25, 0.3) is 0 Å². The minimum Gasteiger partial charge on any atom is -0.124 e. The maximum Gasteiger partial charge on any atom is -0.0353 e. The average molecular weight is 190 g/mol. The SMILES string of the molecule is C#C.C/C=C\CCC.C=C/C=C\C=C. The van der Waals surface area contributed by atoms with Crippen LogP contribution in [0.3, 0.4) is 0 Å². The summed E-state index contributed by atoms with van der Waals surface area (Å²) in [6, 6.07) is 0. The van der Waals surface area contributed by atoms with Crippen LogP contribution < -0.4 is 0 Å². The molecule has 0 heteroatoms. The van der Waals surface area contributed by atoms with E-state index in [1.807, 2.05) is 12.2 Å². The molecule has 0 heterocycles. The third-order valence-electron chi connectivity index (χ3n) is 1.07. The first-order chi connectivity index (χ1) is 6.83. The lowest BCUT2D eigenvalue weighted by Crippen LogP contribution is -1.55. The molecule has 0 nitrogen and oxygen atoms in total. The number of rotatable bonds is 4. The first-order valence-electron chi connectivity index (χ1n) is 4.68. The van der Waals surface area contributed by atoms with Crippen LogP contribution in [0.1, 0.15) is 26.7 Å². The van der Waals surface area contributed by atoms with Gasteiger partial charge in [0.1, 0.15) is 0 Å². The van der Waals surface area contributed by atoms with Gasteiger partial charge in [-0.2, -0.15) is 0 Å². The average Bonchev–Trinajstić information content (AvgIpc) is 2.27. The molecule has 0 radical (unpaired) electrons. The smallest absolute Gasteiger partial charge is 0.0353 e. The van der Waals surface area contributed by atoms with E-state index >= 15 is 0 Å². The Kier molecular flexibility index (Phi) is 39.3. The summed E-state index contributed by atoms with van der Waals surface area (Å²) in [5.41, 5.74) is 0. The third kappa shape index (κ3) is 46.7. The summed E-state index contributed by atoms with van der Waals surface area (Å²) < 4.78 is 0. The van der Waals surface area contributed by atoms with Crippen LogP contribution in [0.25, 0.3) is 0 Å². The first-order valence-corrected chi connectivity index (χ1v) is 4.68. The Hall–Kier alpha value is -1.48. The van der Waals surface area contributed by atoms with Gasteiger partial charge in [0, 0.05) is 0 Å². The Bertz CT molecular complexity index is 158. The van der Waals surface area contributed by atoms with Gasteiger partial charge >= 0.3 is 0 Å². The van der Waals surface area contributed by atoms with Crippen molar-refractivity contribution in [1.29, 1.82) is 0 Å². The topological polar surface area (TPSA) is 0 Å². The predicted molar refractivity (Wildman–Crippen MR) is 69.1 cm³/mol. The maximum atomic E-state index is 4.00. The van der Waals surface area contributed by atoms with Crippen LogP contribution >= 0.6 is 0 Å². The predicted octanol–water partition coefficient (Wildman–Crippen LogP) is 4.53. The van der Waals surface area contributed by atoms with Crippen LogP contribution in [0.15, 0.2) is 49.6 Å². The number of unbranched alkanes of at least 4 members (excludes halogenated alkanes) is 1. The van der Waals surface area contributed by atoms with Crippen molar-refractivity contribution >= 4 is 0 Å². The van der Waals surface area contributed by atoms with Crippen molar-refractivity contribution in [1.82, 2.24) is 0 Å². The molecular formula is C14H22. The Labute approximate surface area is 89.7 Å². The lowest BCUT2D eigenvalue weighted by atomic mass is 10.3. The van der Waals surface area contributed by atoms with Crippen LogP contribution in [-0.4, -0.2) is 0 Å². The number of allylic oxidation sites excluding steroid dienone is 6. The van der Waals surface area contributed by atoms with Crippen molar-refractivity contribution in [3.63, 3.8) is 0 Å². The van der Waals surface area contributed by atoms with E-state index in [1.54, 1.807) is 12.2 Å². The summed E-state index contributed by atoms with van der Waals surface area (Å²) in [4.78, 5) is 0. The lowest BCUT2D eigenvalue weighted by Gasteiger charge is -1.76. The summed E-state index contributed by atoms with van der Waals surface area (Å²) in [6.07, 6.45) is 21.8. The molecule has 0 aromatic carbocycles. The van der Waals surface area contributed by atoms with E-state index in [2.05, 4.69) is 52.0 Å². The number of terminal acetylenes is 1. The van der Waals surface area contributed by atoms with Gasteiger partial charge in [-0.1, -0.05) is 63.0 Å². The third-order valence-corrected chi connectivity index (χ3v) is 1.07. The summed E-state index contributed by atoms with van der Waals surface area (Å²) in [5.74, 6) is 0. The highest BCUT2D eigenvalue weighted by atomic mass is 13.7. The summed E-state index contributed by atoms with van der Waals surface area (Å²) in [7, 11) is 0. The molecule has 14 heavy (non-hydrogen) atoms. The Morgan fingerprint density at radius 1 is 1.07 bits per heavy atom. The quantitative estimate of drug-likeness (QED) is 0.347. The molecule has 0 bridgehead atoms. The van der Waals surface area contributed by atoms with Gasteiger partial charge in [-0.25, -0.2) is 0 Å².